The van der Waals surface area contributed by atoms with Crippen molar-refractivity contribution >= 4 is 22.1 Å². The number of unbranched alkanes of at least 4 members (excludes halogenated alkanes) is 1. The molecular weight excluding hydrogens is 641 g/mol. The van der Waals surface area contributed by atoms with Crippen molar-refractivity contribution in [3.63, 3.8) is 0 Å². The number of alkyl halides is 3. The third-order valence-electron chi connectivity index (χ3n) is 7.77. The Bertz CT molecular complexity index is 1510. The molecule has 0 amide bonds. The third kappa shape index (κ3) is 10.9. The molecule has 47 heavy (non-hydrogen) atoms. The van der Waals surface area contributed by atoms with Gasteiger partial charge in [-0.05, 0) is 44.5 Å². The van der Waals surface area contributed by atoms with Crippen molar-refractivity contribution < 1.29 is 50.7 Å². The predicted octanol–water partition coefficient (Wildman–Crippen LogP) is 6.20. The van der Waals surface area contributed by atoms with Crippen LogP contribution >= 0.6 is 0 Å². The van der Waals surface area contributed by atoms with Gasteiger partial charge in [-0.25, -0.2) is 9.59 Å². The van der Waals surface area contributed by atoms with E-state index in [0.717, 1.165) is 17.7 Å². The summed E-state index contributed by atoms with van der Waals surface area (Å²) in [6, 6.07) is 10.5. The zero-order valence-corrected chi connectivity index (χ0v) is 28.0. The molecule has 14 heteroatoms. The molecule has 0 saturated carbocycles. The number of hydrogen-bond acceptors (Lipinski definition) is 7. The minimum atomic E-state index is -4.76. The largest absolute Gasteiger partial charge is 0.478 e. The standard InChI is InChI=1S/C22H25F3N2O5.C7H8O3S.C4H10/c1-13-17(20(28)29)19(15-5-3-4-6-16(15)22(23,24)25)18(21(30)31)14(2)27(13)8-7-26-9-11-32-12-10-26;1-6-2-4-7(5-3-6)11(8,9)10;1-3-4-2/h3-6,19H,7-12H2,1-2H3,(H,28,29)(H,30,31);2-5H,1H3,(H,8,9,10);3-4H2,1-2H3. The van der Waals surface area contributed by atoms with Crippen LogP contribution in [0.2, 0.25) is 0 Å². The quantitative estimate of drug-likeness (QED) is 0.275. The monoisotopic (exact) mass is 684 g/mol. The predicted molar refractivity (Wildman–Crippen MR) is 170 cm³/mol. The van der Waals surface area contributed by atoms with Gasteiger partial charge < -0.3 is 19.8 Å². The van der Waals surface area contributed by atoms with Crippen molar-refractivity contribution in [1.82, 2.24) is 9.80 Å². The summed E-state index contributed by atoms with van der Waals surface area (Å²) in [5.74, 6) is -4.46. The van der Waals surface area contributed by atoms with E-state index < -0.39 is 39.7 Å². The number of benzene rings is 2. The van der Waals surface area contributed by atoms with Crippen LogP contribution in [-0.4, -0.2) is 84.3 Å². The number of carboxylic acids is 2. The highest BCUT2D eigenvalue weighted by Gasteiger charge is 2.43. The molecule has 0 spiro atoms. The van der Waals surface area contributed by atoms with Gasteiger partial charge >= 0.3 is 18.1 Å². The number of nitrogens with zero attached hydrogens (tertiary/aromatic N) is 2. The van der Waals surface area contributed by atoms with Crippen LogP contribution in [0.3, 0.4) is 0 Å². The van der Waals surface area contributed by atoms with E-state index in [1.165, 1.54) is 51.0 Å². The molecular formula is C33H43F3N2O8S. The lowest BCUT2D eigenvalue weighted by Gasteiger charge is -2.39. The summed E-state index contributed by atoms with van der Waals surface area (Å²) in [5, 5.41) is 19.9. The normalized spacial score (nSPS) is 16.2. The third-order valence-corrected chi connectivity index (χ3v) is 8.63. The number of morpholine rings is 1. The molecule has 4 rings (SSSR count). The summed E-state index contributed by atoms with van der Waals surface area (Å²) < 4.78 is 76.0. The van der Waals surface area contributed by atoms with Crippen molar-refractivity contribution in [2.24, 2.45) is 0 Å². The molecule has 0 aliphatic carbocycles. The van der Waals surface area contributed by atoms with Crippen molar-refractivity contribution in [2.45, 2.75) is 64.5 Å². The second-order valence-corrected chi connectivity index (χ2v) is 12.4. The molecule has 2 aromatic rings. The first-order valence-corrected chi connectivity index (χ1v) is 16.6. The fraction of sp³-hybridized carbons (Fsp3) is 0.455. The number of carbonyl (C=O) groups is 2. The van der Waals surface area contributed by atoms with Crippen molar-refractivity contribution in [2.75, 3.05) is 39.4 Å². The van der Waals surface area contributed by atoms with Crippen molar-refractivity contribution in [1.29, 1.82) is 0 Å². The van der Waals surface area contributed by atoms with Crippen LogP contribution in [0.15, 0.2) is 76.0 Å². The Labute approximate surface area is 273 Å². The van der Waals surface area contributed by atoms with Gasteiger partial charge in [0.15, 0.2) is 0 Å². The number of aryl methyl sites for hydroxylation is 1. The number of carboxylic acid groups (broad SMARTS) is 2. The van der Waals surface area contributed by atoms with E-state index in [-0.39, 0.29) is 33.0 Å². The maximum absolute atomic E-state index is 13.7. The van der Waals surface area contributed by atoms with Gasteiger partial charge in [0.2, 0.25) is 0 Å². The maximum atomic E-state index is 13.7. The molecule has 0 aromatic heterocycles. The van der Waals surface area contributed by atoms with Gasteiger partial charge in [0.05, 0.1) is 40.7 Å². The van der Waals surface area contributed by atoms with E-state index in [0.29, 0.717) is 39.4 Å². The Balaban J connectivity index is 0.000000423. The first kappa shape index (κ1) is 39.5. The lowest BCUT2D eigenvalue weighted by molar-refractivity contribution is -0.139. The number of hydrogen-bond donors (Lipinski definition) is 3. The fourth-order valence-electron chi connectivity index (χ4n) is 5.09. The second kappa shape index (κ2) is 17.4. The molecule has 260 valence electrons. The molecule has 0 bridgehead atoms. The highest BCUT2D eigenvalue weighted by atomic mass is 32.2. The molecule has 1 saturated heterocycles. The Morgan fingerprint density at radius 3 is 1.77 bits per heavy atom. The molecule has 3 N–H and O–H groups in total. The Kier molecular flexibility index (Phi) is 14.6. The summed E-state index contributed by atoms with van der Waals surface area (Å²) in [4.78, 5) is 28.1. The number of aliphatic carboxylic acids is 2. The second-order valence-electron chi connectivity index (χ2n) is 11.0. The lowest BCUT2D eigenvalue weighted by atomic mass is 9.78. The molecule has 0 radical (unpaired) electrons. The lowest BCUT2D eigenvalue weighted by Crippen LogP contribution is -2.42. The minimum Gasteiger partial charge on any atom is -0.478 e. The van der Waals surface area contributed by atoms with Crippen LogP contribution in [0, 0.1) is 6.92 Å². The first-order valence-electron chi connectivity index (χ1n) is 15.1. The van der Waals surface area contributed by atoms with Gasteiger partial charge in [-0.2, -0.15) is 21.6 Å². The molecule has 2 aromatic carbocycles. The maximum Gasteiger partial charge on any atom is 0.416 e. The summed E-state index contributed by atoms with van der Waals surface area (Å²) in [6.45, 7) is 12.6. The van der Waals surface area contributed by atoms with Gasteiger partial charge in [0.1, 0.15) is 0 Å². The van der Waals surface area contributed by atoms with E-state index in [1.807, 2.05) is 6.92 Å². The van der Waals surface area contributed by atoms with Crippen LogP contribution < -0.4 is 0 Å². The molecule has 2 aliphatic rings. The highest BCUT2D eigenvalue weighted by molar-refractivity contribution is 7.85. The van der Waals surface area contributed by atoms with Crippen molar-refractivity contribution in [3.8, 4) is 0 Å². The summed E-state index contributed by atoms with van der Waals surface area (Å²) in [6.07, 6.45) is -2.13. The van der Waals surface area contributed by atoms with Gasteiger partial charge in [0, 0.05) is 37.6 Å². The summed E-state index contributed by atoms with van der Waals surface area (Å²) >= 11 is 0. The molecule has 10 nitrogen and oxygen atoms in total. The Hall–Kier alpha value is -3.72. The number of halogens is 3. The fourth-order valence-corrected chi connectivity index (χ4v) is 5.57. The van der Waals surface area contributed by atoms with Gasteiger partial charge in [0.25, 0.3) is 10.1 Å². The summed E-state index contributed by atoms with van der Waals surface area (Å²) in [5.41, 5.74) is -0.757. The minimum absolute atomic E-state index is 0.0666. The van der Waals surface area contributed by atoms with Crippen molar-refractivity contribution in [3.05, 3.63) is 87.8 Å². The van der Waals surface area contributed by atoms with E-state index in [2.05, 4.69) is 18.7 Å². The van der Waals surface area contributed by atoms with Crippen LogP contribution in [0.4, 0.5) is 13.2 Å². The summed E-state index contributed by atoms with van der Waals surface area (Å²) in [7, 11) is -4.02. The molecule has 2 heterocycles. The number of allylic oxidation sites excluding steroid dienone is 2. The van der Waals surface area contributed by atoms with E-state index in [9.17, 15) is 41.4 Å². The van der Waals surface area contributed by atoms with E-state index in [1.54, 1.807) is 17.0 Å². The van der Waals surface area contributed by atoms with Crippen LogP contribution in [-0.2, 0) is 30.6 Å². The number of rotatable bonds is 8. The van der Waals surface area contributed by atoms with Gasteiger partial charge in [-0.1, -0.05) is 62.6 Å². The smallest absolute Gasteiger partial charge is 0.416 e. The van der Waals surface area contributed by atoms with Crippen LogP contribution in [0.1, 0.15) is 63.1 Å². The molecule has 0 unspecified atom stereocenters. The molecule has 1 fully saturated rings. The first-order chi connectivity index (χ1) is 21.9. The zero-order valence-electron chi connectivity index (χ0n) is 27.2. The van der Waals surface area contributed by atoms with E-state index >= 15 is 0 Å². The topological polar surface area (TPSA) is 145 Å². The Morgan fingerprint density at radius 2 is 1.34 bits per heavy atom. The van der Waals surface area contributed by atoms with Crippen LogP contribution in [0.5, 0.6) is 0 Å². The van der Waals surface area contributed by atoms with Gasteiger partial charge in [-0.15, -0.1) is 0 Å². The van der Waals surface area contributed by atoms with Gasteiger partial charge in [-0.3, -0.25) is 9.45 Å². The highest BCUT2D eigenvalue weighted by Crippen LogP contribution is 2.46. The molecule has 0 atom stereocenters. The van der Waals surface area contributed by atoms with Crippen LogP contribution in [0.25, 0.3) is 0 Å². The average molecular weight is 685 g/mol. The SMILES string of the molecule is CC1=C(C(=O)O)C(c2ccccc2C(F)(F)F)C(C(=O)O)=C(C)N1CCN1CCOCC1.CCCC.Cc1ccc(S(=O)(=O)O)cc1. The average Bonchev–Trinajstić information content (AvgIpc) is 3.00. The Morgan fingerprint density at radius 1 is 0.851 bits per heavy atom. The zero-order chi connectivity index (χ0) is 35.5. The van der Waals surface area contributed by atoms with E-state index in [4.69, 9.17) is 9.29 Å². The molecule has 2 aliphatic heterocycles. The number of ether oxygens (including phenoxy) is 1.